The number of fused-ring (bicyclic) bond motifs is 1. The highest BCUT2D eigenvalue weighted by atomic mass is 16.5. The highest BCUT2D eigenvalue weighted by molar-refractivity contribution is 6.03. The average Bonchev–Trinajstić information content (AvgIpc) is 3.63. The minimum atomic E-state index is -0.448. The summed E-state index contributed by atoms with van der Waals surface area (Å²) in [6.07, 6.45) is 4.00. The summed E-state index contributed by atoms with van der Waals surface area (Å²) in [4.78, 5) is 24.5. The first kappa shape index (κ1) is 28.9. The normalized spacial score (nSPS) is 19.7. The van der Waals surface area contributed by atoms with E-state index in [2.05, 4.69) is 72.4 Å². The van der Waals surface area contributed by atoms with E-state index in [1.165, 1.54) is 38.2 Å². The number of benzene rings is 1. The first-order valence-corrected chi connectivity index (χ1v) is 14.3. The summed E-state index contributed by atoms with van der Waals surface area (Å²) in [6, 6.07) is 8.44. The van der Waals surface area contributed by atoms with Gasteiger partial charge in [-0.3, -0.25) is 4.79 Å². The molecule has 2 aliphatic rings. The Morgan fingerprint density at radius 3 is 2.56 bits per heavy atom. The Labute approximate surface area is 241 Å². The van der Waals surface area contributed by atoms with Gasteiger partial charge in [-0.25, -0.2) is 0 Å². The number of hydrogen-bond donors (Lipinski definition) is 2. The Hall–Kier alpha value is -3.63. The van der Waals surface area contributed by atoms with Gasteiger partial charge in [0, 0.05) is 19.0 Å². The molecule has 2 unspecified atom stereocenters. The second-order valence-electron chi connectivity index (χ2n) is 11.5. The molecule has 10 nitrogen and oxygen atoms in total. The van der Waals surface area contributed by atoms with Gasteiger partial charge in [0.15, 0.2) is 11.4 Å². The minimum absolute atomic E-state index is 0.0278. The number of nitrogens with zero attached hydrogens (tertiary/aromatic N) is 3. The van der Waals surface area contributed by atoms with Crippen LogP contribution in [0.15, 0.2) is 28.7 Å². The molecule has 10 heteroatoms. The lowest BCUT2D eigenvalue weighted by Crippen LogP contribution is -2.27. The number of rotatable bonds is 10. The van der Waals surface area contributed by atoms with Gasteiger partial charge in [-0.05, 0) is 94.9 Å². The topological polar surface area (TPSA) is 111 Å². The van der Waals surface area contributed by atoms with Gasteiger partial charge in [0.2, 0.25) is 17.7 Å². The Bertz CT molecular complexity index is 1390. The molecule has 0 spiro atoms. The van der Waals surface area contributed by atoms with Crippen molar-refractivity contribution in [3.63, 3.8) is 0 Å². The molecule has 1 aromatic carbocycles. The van der Waals surface area contributed by atoms with Crippen molar-refractivity contribution in [3.8, 4) is 11.8 Å². The fourth-order valence-electron chi connectivity index (χ4n) is 5.94. The van der Waals surface area contributed by atoms with Gasteiger partial charge in [-0.1, -0.05) is 12.1 Å². The smallest absolute Gasteiger partial charge is 0.291 e. The highest BCUT2D eigenvalue weighted by Crippen LogP contribution is 2.44. The van der Waals surface area contributed by atoms with Gasteiger partial charge in [-0.2, -0.15) is 9.97 Å². The highest BCUT2D eigenvalue weighted by Gasteiger charge is 2.36. The van der Waals surface area contributed by atoms with E-state index >= 15 is 0 Å². The lowest BCUT2D eigenvalue weighted by Gasteiger charge is -2.20. The zero-order chi connectivity index (χ0) is 29.3. The zero-order valence-corrected chi connectivity index (χ0v) is 25.1. The number of nitrogens with one attached hydrogen (secondary N) is 2. The number of aromatic nitrogens is 2. The van der Waals surface area contributed by atoms with Gasteiger partial charge in [0.1, 0.15) is 5.76 Å². The summed E-state index contributed by atoms with van der Waals surface area (Å²) >= 11 is 0. The third-order valence-electron chi connectivity index (χ3n) is 8.22. The molecular weight excluding hydrogens is 522 g/mol. The molecule has 3 aromatic rings. The predicted octanol–water partition coefficient (Wildman–Crippen LogP) is 5.46. The molecular formula is C31H41N5O5. The molecule has 2 N–H and O–H groups in total. The Balaban J connectivity index is 1.27. The number of methoxy groups -OCH3 is 2. The predicted molar refractivity (Wildman–Crippen MR) is 157 cm³/mol. The van der Waals surface area contributed by atoms with Crippen LogP contribution in [0.5, 0.6) is 11.8 Å². The molecule has 4 heterocycles. The number of carbonyl (C=O) groups excluding carboxylic acids is 1. The van der Waals surface area contributed by atoms with Gasteiger partial charge in [-0.15, -0.1) is 0 Å². The third kappa shape index (κ3) is 6.04. The van der Waals surface area contributed by atoms with Crippen molar-refractivity contribution in [1.29, 1.82) is 0 Å². The van der Waals surface area contributed by atoms with Crippen LogP contribution in [-0.4, -0.2) is 61.2 Å². The number of furan rings is 1. The van der Waals surface area contributed by atoms with Crippen molar-refractivity contribution in [1.82, 2.24) is 14.9 Å². The lowest BCUT2D eigenvalue weighted by molar-refractivity contribution is -0.0435. The summed E-state index contributed by atoms with van der Waals surface area (Å²) in [5.74, 6) is 1.19. The third-order valence-corrected chi connectivity index (χ3v) is 8.22. The van der Waals surface area contributed by atoms with Crippen LogP contribution in [0.25, 0.3) is 0 Å². The summed E-state index contributed by atoms with van der Waals surface area (Å²) in [5.41, 5.74) is 4.65. The Morgan fingerprint density at radius 2 is 1.90 bits per heavy atom. The van der Waals surface area contributed by atoms with E-state index in [0.29, 0.717) is 24.2 Å². The van der Waals surface area contributed by atoms with E-state index in [0.717, 1.165) is 30.6 Å². The molecule has 0 aliphatic carbocycles. The molecule has 220 valence electrons. The molecule has 2 atom stereocenters. The number of likely N-dealkylation sites (tertiary alicyclic amines) is 1. The van der Waals surface area contributed by atoms with Crippen molar-refractivity contribution in [2.75, 3.05) is 45.0 Å². The van der Waals surface area contributed by atoms with Gasteiger partial charge in [0.25, 0.3) is 5.91 Å². The molecule has 0 radical (unpaired) electrons. The second kappa shape index (κ2) is 11.7. The number of carbonyl (C=O) groups is 1. The number of anilines is 2. The number of ether oxygens (including phenoxy) is 3. The Kier molecular flexibility index (Phi) is 8.24. The monoisotopic (exact) mass is 563 g/mol. The molecule has 2 aliphatic heterocycles. The molecule has 1 amide bonds. The zero-order valence-electron chi connectivity index (χ0n) is 25.1. The Morgan fingerprint density at radius 1 is 1.17 bits per heavy atom. The van der Waals surface area contributed by atoms with E-state index < -0.39 is 5.91 Å². The minimum Gasteiger partial charge on any atom is -0.479 e. The van der Waals surface area contributed by atoms with Crippen LogP contribution in [0.4, 0.5) is 11.6 Å². The van der Waals surface area contributed by atoms with E-state index in [-0.39, 0.29) is 34.9 Å². The van der Waals surface area contributed by atoms with Crippen molar-refractivity contribution < 1.29 is 23.4 Å². The largest absolute Gasteiger partial charge is 0.479 e. The summed E-state index contributed by atoms with van der Waals surface area (Å²) in [7, 11) is 5.14. The van der Waals surface area contributed by atoms with Crippen LogP contribution in [0.3, 0.4) is 0 Å². The van der Waals surface area contributed by atoms with Crippen molar-refractivity contribution >= 4 is 17.5 Å². The van der Waals surface area contributed by atoms with Crippen LogP contribution < -0.4 is 20.1 Å². The van der Waals surface area contributed by atoms with Gasteiger partial charge in [0.05, 0.1) is 25.9 Å². The number of amides is 1. The molecule has 0 saturated carbocycles. The van der Waals surface area contributed by atoms with E-state index in [1.807, 2.05) is 6.07 Å². The maximum absolute atomic E-state index is 13.2. The maximum Gasteiger partial charge on any atom is 0.291 e. The molecule has 2 aromatic heterocycles. The lowest BCUT2D eigenvalue weighted by atomic mass is 9.89. The van der Waals surface area contributed by atoms with E-state index in [9.17, 15) is 4.79 Å². The van der Waals surface area contributed by atoms with E-state index in [1.54, 1.807) is 6.07 Å². The summed E-state index contributed by atoms with van der Waals surface area (Å²) in [5, 5.41) is 6.07. The van der Waals surface area contributed by atoms with Crippen LogP contribution >= 0.6 is 0 Å². The van der Waals surface area contributed by atoms with Crippen molar-refractivity contribution in [2.24, 2.45) is 0 Å². The molecule has 5 rings (SSSR count). The van der Waals surface area contributed by atoms with Crippen molar-refractivity contribution in [3.05, 3.63) is 58.0 Å². The average molecular weight is 564 g/mol. The SMILES string of the molecule is COc1nc(NCCC2CCCN2C)nc(OC)c1NC(=O)c1ccc(Cc2cc3c(cc2C)C(C)(C)OC3C)o1. The molecule has 0 bridgehead atoms. The van der Waals surface area contributed by atoms with Crippen molar-refractivity contribution in [2.45, 2.75) is 71.1 Å². The maximum atomic E-state index is 13.2. The van der Waals surface area contributed by atoms with Crippen LogP contribution in [0, 0.1) is 6.92 Å². The van der Waals surface area contributed by atoms with Crippen LogP contribution in [-0.2, 0) is 16.8 Å². The summed E-state index contributed by atoms with van der Waals surface area (Å²) < 4.78 is 23.1. The van der Waals surface area contributed by atoms with E-state index in [4.69, 9.17) is 18.6 Å². The molecule has 41 heavy (non-hydrogen) atoms. The molecule has 1 fully saturated rings. The van der Waals surface area contributed by atoms with Crippen LogP contribution in [0.2, 0.25) is 0 Å². The standard InChI is InChI=1S/C31H41N5O5/c1-18-15-24-23(19(2)41-31(24,3)4)17-20(18)16-22-10-11-25(40-22)27(37)33-26-28(38-6)34-30(35-29(26)39-7)32-13-12-21-9-8-14-36(21)5/h10-11,15,17,19,21H,8-9,12-14,16H2,1-7H3,(H,33,37)(H,32,34,35). The second-order valence-corrected chi connectivity index (χ2v) is 11.5. The quantitative estimate of drug-likeness (QED) is 0.332. The summed E-state index contributed by atoms with van der Waals surface area (Å²) in [6.45, 7) is 10.2. The van der Waals surface area contributed by atoms with Crippen LogP contribution in [0.1, 0.15) is 84.7 Å². The van der Waals surface area contributed by atoms with Gasteiger partial charge >= 0.3 is 0 Å². The molecule has 1 saturated heterocycles. The first-order valence-electron chi connectivity index (χ1n) is 14.3. The fourth-order valence-corrected chi connectivity index (χ4v) is 5.94. The number of aryl methyl sites for hydroxylation is 1. The number of hydrogen-bond acceptors (Lipinski definition) is 9. The fraction of sp³-hybridized carbons (Fsp3) is 0.516. The van der Waals surface area contributed by atoms with Gasteiger partial charge < -0.3 is 34.2 Å². The first-order chi connectivity index (χ1) is 19.6.